The Balaban J connectivity index is 2.28. The van der Waals surface area contributed by atoms with E-state index in [2.05, 4.69) is 43.9 Å². The van der Waals surface area contributed by atoms with Crippen LogP contribution in [0.2, 0.25) is 0 Å². The van der Waals surface area contributed by atoms with Gasteiger partial charge in [0, 0.05) is 0 Å². The van der Waals surface area contributed by atoms with E-state index in [0.717, 1.165) is 25.3 Å². The minimum atomic E-state index is 0.260. The summed E-state index contributed by atoms with van der Waals surface area (Å²) < 4.78 is 5.43. The van der Waals surface area contributed by atoms with Gasteiger partial charge in [-0.2, -0.15) is 0 Å². The van der Waals surface area contributed by atoms with Gasteiger partial charge >= 0.3 is 0 Å². The molecule has 1 aliphatic heterocycles. The zero-order valence-electron chi connectivity index (χ0n) is 10.0. The lowest BCUT2D eigenvalue weighted by molar-refractivity contribution is 0.134. The second kappa shape index (κ2) is 4.81. The van der Waals surface area contributed by atoms with Gasteiger partial charge in [-0.05, 0) is 30.2 Å². The maximum absolute atomic E-state index is 5.43. The average Bonchev–Trinajstić information content (AvgIpc) is 2.72. The average molecular weight is 217 g/mol. The standard InChI is InChI=1S/C14H19NO/c1-4-15-14(10(2)3)11-5-6-12-8-16-9-13(12)7-11/h5-7,14-15H,2,4,8-9H2,1,3H3. The molecule has 0 fully saturated rings. The molecule has 1 aromatic carbocycles. The van der Waals surface area contributed by atoms with Gasteiger partial charge in [0.2, 0.25) is 0 Å². The fourth-order valence-corrected chi connectivity index (χ4v) is 2.15. The topological polar surface area (TPSA) is 21.3 Å². The predicted molar refractivity (Wildman–Crippen MR) is 66.2 cm³/mol. The summed E-state index contributed by atoms with van der Waals surface area (Å²) in [6, 6.07) is 6.85. The van der Waals surface area contributed by atoms with Gasteiger partial charge in [-0.1, -0.05) is 37.3 Å². The van der Waals surface area contributed by atoms with Crippen molar-refractivity contribution in [2.75, 3.05) is 6.54 Å². The third-order valence-electron chi connectivity index (χ3n) is 2.98. The maximum Gasteiger partial charge on any atom is 0.0725 e. The highest BCUT2D eigenvalue weighted by Crippen LogP contribution is 2.26. The summed E-state index contributed by atoms with van der Waals surface area (Å²) >= 11 is 0. The van der Waals surface area contributed by atoms with Crippen LogP contribution in [0, 0.1) is 0 Å². The van der Waals surface area contributed by atoms with Crippen LogP contribution >= 0.6 is 0 Å². The van der Waals surface area contributed by atoms with Crippen LogP contribution in [0.1, 0.15) is 36.6 Å². The first-order valence-electron chi connectivity index (χ1n) is 5.80. The molecule has 1 aliphatic rings. The molecule has 2 rings (SSSR count). The van der Waals surface area contributed by atoms with Crippen LogP contribution in [-0.2, 0) is 18.0 Å². The summed E-state index contributed by atoms with van der Waals surface area (Å²) in [6.45, 7) is 10.7. The molecule has 86 valence electrons. The molecule has 0 bridgehead atoms. The molecule has 0 aromatic heterocycles. The second-order valence-electron chi connectivity index (χ2n) is 4.36. The van der Waals surface area contributed by atoms with Crippen molar-refractivity contribution in [3.05, 3.63) is 47.0 Å². The van der Waals surface area contributed by atoms with Gasteiger partial charge in [0.05, 0.1) is 19.3 Å². The van der Waals surface area contributed by atoms with Crippen molar-refractivity contribution >= 4 is 0 Å². The van der Waals surface area contributed by atoms with Crippen LogP contribution in [0.4, 0.5) is 0 Å². The van der Waals surface area contributed by atoms with E-state index in [1.165, 1.54) is 16.7 Å². The largest absolute Gasteiger partial charge is 0.372 e. The summed E-state index contributed by atoms with van der Waals surface area (Å²) in [5, 5.41) is 3.45. The Labute approximate surface area is 97.3 Å². The van der Waals surface area contributed by atoms with E-state index < -0.39 is 0 Å². The van der Waals surface area contributed by atoms with E-state index in [4.69, 9.17) is 4.74 Å². The quantitative estimate of drug-likeness (QED) is 0.783. The minimum Gasteiger partial charge on any atom is -0.372 e. The first-order chi connectivity index (χ1) is 7.72. The number of nitrogens with one attached hydrogen (secondary N) is 1. The molecule has 1 heterocycles. The second-order valence-corrected chi connectivity index (χ2v) is 4.36. The first-order valence-corrected chi connectivity index (χ1v) is 5.80. The highest BCUT2D eigenvalue weighted by atomic mass is 16.5. The summed E-state index contributed by atoms with van der Waals surface area (Å²) in [7, 11) is 0. The minimum absolute atomic E-state index is 0.260. The lowest BCUT2D eigenvalue weighted by Crippen LogP contribution is -2.21. The Morgan fingerprint density at radius 3 is 2.88 bits per heavy atom. The van der Waals surface area contributed by atoms with Crippen LogP contribution in [-0.4, -0.2) is 6.54 Å². The van der Waals surface area contributed by atoms with Crippen molar-refractivity contribution < 1.29 is 4.74 Å². The Hall–Kier alpha value is -1.12. The number of rotatable bonds is 4. The highest BCUT2D eigenvalue weighted by Gasteiger charge is 2.16. The van der Waals surface area contributed by atoms with Gasteiger partial charge in [-0.3, -0.25) is 0 Å². The van der Waals surface area contributed by atoms with Crippen LogP contribution in [0.3, 0.4) is 0 Å². The molecule has 0 spiro atoms. The van der Waals surface area contributed by atoms with Gasteiger partial charge in [-0.15, -0.1) is 0 Å². The monoisotopic (exact) mass is 217 g/mol. The number of hydrogen-bond acceptors (Lipinski definition) is 2. The highest BCUT2D eigenvalue weighted by molar-refractivity contribution is 5.37. The van der Waals surface area contributed by atoms with E-state index in [-0.39, 0.29) is 6.04 Å². The molecule has 2 nitrogen and oxygen atoms in total. The van der Waals surface area contributed by atoms with Gasteiger partial charge in [-0.25, -0.2) is 0 Å². The lowest BCUT2D eigenvalue weighted by Gasteiger charge is -2.19. The summed E-state index contributed by atoms with van der Waals surface area (Å²) in [4.78, 5) is 0. The molecule has 1 aromatic rings. The predicted octanol–water partition coefficient (Wildman–Crippen LogP) is 2.94. The third-order valence-corrected chi connectivity index (χ3v) is 2.98. The van der Waals surface area contributed by atoms with Gasteiger partial charge < -0.3 is 10.1 Å². The molecule has 0 saturated carbocycles. The van der Waals surface area contributed by atoms with Crippen molar-refractivity contribution in [3.8, 4) is 0 Å². The van der Waals surface area contributed by atoms with Crippen LogP contribution in [0.25, 0.3) is 0 Å². The van der Waals surface area contributed by atoms with Crippen molar-refractivity contribution in [3.63, 3.8) is 0 Å². The van der Waals surface area contributed by atoms with Crippen LogP contribution < -0.4 is 5.32 Å². The molecular formula is C14H19NO. The zero-order valence-corrected chi connectivity index (χ0v) is 10.0. The van der Waals surface area contributed by atoms with Gasteiger partial charge in [0.1, 0.15) is 0 Å². The van der Waals surface area contributed by atoms with E-state index in [1.807, 2.05) is 0 Å². The molecular weight excluding hydrogens is 198 g/mol. The fourth-order valence-electron chi connectivity index (χ4n) is 2.15. The smallest absolute Gasteiger partial charge is 0.0725 e. The van der Waals surface area contributed by atoms with Crippen LogP contribution in [0.15, 0.2) is 30.4 Å². The SMILES string of the molecule is C=C(C)C(NCC)c1ccc2c(c1)COC2. The molecule has 2 heteroatoms. The van der Waals surface area contributed by atoms with Crippen molar-refractivity contribution in [2.45, 2.75) is 33.1 Å². The number of ether oxygens (including phenoxy) is 1. The van der Waals surface area contributed by atoms with Crippen molar-refractivity contribution in [1.82, 2.24) is 5.32 Å². The lowest BCUT2D eigenvalue weighted by atomic mass is 9.97. The summed E-state index contributed by atoms with van der Waals surface area (Å²) in [5.74, 6) is 0. The third kappa shape index (κ3) is 2.18. The molecule has 1 unspecified atom stereocenters. The fraction of sp³-hybridized carbons (Fsp3) is 0.429. The van der Waals surface area contributed by atoms with Crippen LogP contribution in [0.5, 0.6) is 0 Å². The zero-order chi connectivity index (χ0) is 11.5. The van der Waals surface area contributed by atoms with Gasteiger partial charge in [0.25, 0.3) is 0 Å². The summed E-state index contributed by atoms with van der Waals surface area (Å²) in [5.41, 5.74) is 5.08. The Kier molecular flexibility index (Phi) is 3.42. The molecule has 1 atom stereocenters. The normalized spacial score (nSPS) is 15.9. The Bertz CT molecular complexity index is 398. The molecule has 0 radical (unpaired) electrons. The van der Waals surface area contributed by atoms with E-state index >= 15 is 0 Å². The Morgan fingerprint density at radius 1 is 1.44 bits per heavy atom. The molecule has 0 aliphatic carbocycles. The molecule has 16 heavy (non-hydrogen) atoms. The van der Waals surface area contributed by atoms with Gasteiger partial charge in [0.15, 0.2) is 0 Å². The number of likely N-dealkylation sites (N-methyl/N-ethyl adjacent to an activating group) is 1. The number of fused-ring (bicyclic) bond motifs is 1. The molecule has 0 amide bonds. The van der Waals surface area contributed by atoms with E-state index in [9.17, 15) is 0 Å². The Morgan fingerprint density at radius 2 is 2.19 bits per heavy atom. The number of hydrogen-bond donors (Lipinski definition) is 1. The maximum atomic E-state index is 5.43. The van der Waals surface area contributed by atoms with Crippen molar-refractivity contribution in [1.29, 1.82) is 0 Å². The van der Waals surface area contributed by atoms with E-state index in [1.54, 1.807) is 0 Å². The first kappa shape index (κ1) is 11.4. The molecule has 1 N–H and O–H groups in total. The van der Waals surface area contributed by atoms with E-state index in [0.29, 0.717) is 0 Å². The van der Waals surface area contributed by atoms with Crippen molar-refractivity contribution in [2.24, 2.45) is 0 Å². The summed E-state index contributed by atoms with van der Waals surface area (Å²) in [6.07, 6.45) is 0. The number of benzene rings is 1. The molecule has 0 saturated heterocycles.